The number of carbonyl (C=O) groups is 4. The normalized spacial score (nSPS) is 14.4. The minimum atomic E-state index is -1.74. The highest BCUT2D eigenvalue weighted by atomic mass is 16.5. The molecule has 27 heavy (non-hydrogen) atoms. The van der Waals surface area contributed by atoms with Gasteiger partial charge in [-0.3, -0.25) is 14.5 Å². The zero-order valence-corrected chi connectivity index (χ0v) is 14.8. The average molecular weight is 379 g/mol. The summed E-state index contributed by atoms with van der Waals surface area (Å²) >= 11 is 0. The molecule has 10 heteroatoms. The summed E-state index contributed by atoms with van der Waals surface area (Å²) in [6.45, 7) is 5.08. The van der Waals surface area contributed by atoms with Crippen LogP contribution >= 0.6 is 0 Å². The van der Waals surface area contributed by atoms with E-state index in [4.69, 9.17) is 9.84 Å². The Morgan fingerprint density at radius 3 is 2.41 bits per heavy atom. The lowest BCUT2D eigenvalue weighted by Gasteiger charge is -2.30. The Morgan fingerprint density at radius 2 is 1.85 bits per heavy atom. The van der Waals surface area contributed by atoms with Gasteiger partial charge in [0.1, 0.15) is 0 Å². The van der Waals surface area contributed by atoms with E-state index >= 15 is 0 Å². The van der Waals surface area contributed by atoms with E-state index in [9.17, 15) is 24.3 Å². The van der Waals surface area contributed by atoms with Crippen molar-refractivity contribution in [3.63, 3.8) is 0 Å². The first-order chi connectivity index (χ1) is 12.8. The molecule has 1 fully saturated rings. The molecule has 1 aliphatic heterocycles. The van der Waals surface area contributed by atoms with Crippen molar-refractivity contribution in [1.82, 2.24) is 4.90 Å². The molecule has 0 spiro atoms. The van der Waals surface area contributed by atoms with Crippen LogP contribution in [0.2, 0.25) is 0 Å². The molecule has 1 aromatic carbocycles. The van der Waals surface area contributed by atoms with E-state index < -0.39 is 17.8 Å². The summed E-state index contributed by atoms with van der Waals surface area (Å²) in [7, 11) is 0. The molecule has 1 aliphatic rings. The standard InChI is InChI=1S/C17H21N3O7/c1-11(21)20(5-4-19-6-8-27-9-7-19)12-2-3-13(16(23)24)14(10-12)18-15(22)17(25)26/h2-3,10H,4-9H2,1H3,(H,18,22)(H,23,24)(H,25,26). The van der Waals surface area contributed by atoms with Gasteiger partial charge in [0.2, 0.25) is 5.91 Å². The Labute approximate surface area is 155 Å². The number of amides is 2. The number of morpholine rings is 1. The molecule has 0 saturated carbocycles. The summed E-state index contributed by atoms with van der Waals surface area (Å²) in [6, 6.07) is 3.95. The van der Waals surface area contributed by atoms with Gasteiger partial charge in [-0.2, -0.15) is 0 Å². The molecule has 2 rings (SSSR count). The maximum Gasteiger partial charge on any atom is 0.394 e. The third-order valence-corrected chi connectivity index (χ3v) is 4.11. The van der Waals surface area contributed by atoms with Crippen LogP contribution in [0.25, 0.3) is 0 Å². The summed E-state index contributed by atoms with van der Waals surface area (Å²) in [5.41, 5.74) is -0.100. The summed E-state index contributed by atoms with van der Waals surface area (Å²) in [4.78, 5) is 49.1. The van der Waals surface area contributed by atoms with Crippen molar-refractivity contribution >= 4 is 35.1 Å². The maximum absolute atomic E-state index is 12.1. The van der Waals surface area contributed by atoms with Gasteiger partial charge in [-0.05, 0) is 18.2 Å². The van der Waals surface area contributed by atoms with Gasteiger partial charge in [0, 0.05) is 38.8 Å². The van der Waals surface area contributed by atoms with Crippen LogP contribution in [0.3, 0.4) is 0 Å². The highest BCUT2D eigenvalue weighted by Crippen LogP contribution is 2.24. The Bertz CT molecular complexity index is 744. The van der Waals surface area contributed by atoms with Crippen molar-refractivity contribution in [1.29, 1.82) is 0 Å². The fraction of sp³-hybridized carbons (Fsp3) is 0.412. The first-order valence-electron chi connectivity index (χ1n) is 8.29. The van der Waals surface area contributed by atoms with E-state index in [-0.39, 0.29) is 17.2 Å². The number of aliphatic carboxylic acids is 1. The SMILES string of the molecule is CC(=O)N(CCN1CCOCC1)c1ccc(C(=O)O)c(NC(=O)C(=O)O)c1. The van der Waals surface area contributed by atoms with Crippen molar-refractivity contribution < 1.29 is 34.1 Å². The molecule has 0 unspecified atom stereocenters. The summed E-state index contributed by atoms with van der Waals surface area (Å²) < 4.78 is 5.28. The Hall–Kier alpha value is -2.98. The van der Waals surface area contributed by atoms with Gasteiger partial charge in [0.25, 0.3) is 0 Å². The van der Waals surface area contributed by atoms with Crippen LogP contribution in [0.1, 0.15) is 17.3 Å². The van der Waals surface area contributed by atoms with E-state index in [0.717, 1.165) is 13.1 Å². The van der Waals surface area contributed by atoms with Crippen LogP contribution in [0.15, 0.2) is 18.2 Å². The lowest BCUT2D eigenvalue weighted by molar-refractivity contribution is -0.147. The molecule has 0 aliphatic carbocycles. The zero-order valence-electron chi connectivity index (χ0n) is 14.8. The monoisotopic (exact) mass is 379 g/mol. The van der Waals surface area contributed by atoms with Crippen molar-refractivity contribution in [2.75, 3.05) is 49.6 Å². The second-order valence-corrected chi connectivity index (χ2v) is 5.92. The van der Waals surface area contributed by atoms with Crippen LogP contribution in [-0.2, 0) is 19.1 Å². The summed E-state index contributed by atoms with van der Waals surface area (Å²) in [6.07, 6.45) is 0. The highest BCUT2D eigenvalue weighted by molar-refractivity contribution is 6.36. The quantitative estimate of drug-likeness (QED) is 0.592. The Kier molecular flexibility index (Phi) is 6.85. The number of hydrogen-bond donors (Lipinski definition) is 3. The molecule has 0 aromatic heterocycles. The number of anilines is 2. The predicted octanol–water partition coefficient (Wildman–Crippen LogP) is 0.0930. The second kappa shape index (κ2) is 9.10. The Morgan fingerprint density at radius 1 is 1.19 bits per heavy atom. The minimum absolute atomic E-state index is 0.190. The summed E-state index contributed by atoms with van der Waals surface area (Å²) in [5, 5.41) is 20.0. The zero-order chi connectivity index (χ0) is 20.0. The van der Waals surface area contributed by atoms with Gasteiger partial charge in [-0.1, -0.05) is 0 Å². The van der Waals surface area contributed by atoms with Gasteiger partial charge in [0.15, 0.2) is 0 Å². The second-order valence-electron chi connectivity index (χ2n) is 5.92. The molecule has 0 radical (unpaired) electrons. The van der Waals surface area contributed by atoms with E-state index in [1.165, 1.54) is 30.0 Å². The van der Waals surface area contributed by atoms with Crippen molar-refractivity contribution in [3.05, 3.63) is 23.8 Å². The number of aromatic carboxylic acids is 1. The number of nitrogens with one attached hydrogen (secondary N) is 1. The van der Waals surface area contributed by atoms with Crippen molar-refractivity contribution in [3.8, 4) is 0 Å². The van der Waals surface area contributed by atoms with Crippen LogP contribution in [0, 0.1) is 0 Å². The smallest absolute Gasteiger partial charge is 0.394 e. The third kappa shape index (κ3) is 5.50. The number of nitrogens with zero attached hydrogens (tertiary/aromatic N) is 2. The van der Waals surface area contributed by atoms with E-state index in [1.807, 2.05) is 5.32 Å². The fourth-order valence-corrected chi connectivity index (χ4v) is 2.70. The van der Waals surface area contributed by atoms with Crippen LogP contribution in [0.4, 0.5) is 11.4 Å². The number of carbonyl (C=O) groups excluding carboxylic acids is 2. The van der Waals surface area contributed by atoms with E-state index in [1.54, 1.807) is 0 Å². The fourth-order valence-electron chi connectivity index (χ4n) is 2.70. The molecular formula is C17H21N3O7. The van der Waals surface area contributed by atoms with Gasteiger partial charge >= 0.3 is 17.8 Å². The molecule has 3 N–H and O–H groups in total. The molecule has 1 heterocycles. The third-order valence-electron chi connectivity index (χ3n) is 4.11. The van der Waals surface area contributed by atoms with Crippen molar-refractivity contribution in [2.45, 2.75) is 6.92 Å². The van der Waals surface area contributed by atoms with Crippen LogP contribution in [-0.4, -0.2) is 78.3 Å². The predicted molar refractivity (Wildman–Crippen MR) is 95.0 cm³/mol. The van der Waals surface area contributed by atoms with Gasteiger partial charge in [0.05, 0.1) is 24.5 Å². The molecule has 146 valence electrons. The first kappa shape index (κ1) is 20.3. The average Bonchev–Trinajstić information content (AvgIpc) is 2.62. The molecule has 2 amide bonds. The molecule has 0 atom stereocenters. The molecule has 10 nitrogen and oxygen atoms in total. The number of benzene rings is 1. The number of rotatable bonds is 6. The first-order valence-corrected chi connectivity index (χ1v) is 8.29. The lowest BCUT2D eigenvalue weighted by Crippen LogP contribution is -2.42. The molecular weight excluding hydrogens is 358 g/mol. The lowest BCUT2D eigenvalue weighted by atomic mass is 10.1. The molecule has 0 bridgehead atoms. The highest BCUT2D eigenvalue weighted by Gasteiger charge is 2.21. The van der Waals surface area contributed by atoms with Crippen molar-refractivity contribution in [2.24, 2.45) is 0 Å². The van der Waals surface area contributed by atoms with E-state index in [2.05, 4.69) is 4.90 Å². The number of carboxylic acids is 2. The number of carboxylic acid groups (broad SMARTS) is 2. The van der Waals surface area contributed by atoms with Gasteiger partial charge < -0.3 is 25.2 Å². The topological polar surface area (TPSA) is 136 Å². The molecule has 1 saturated heterocycles. The summed E-state index contributed by atoms with van der Waals surface area (Å²) in [5.74, 6) is -4.70. The maximum atomic E-state index is 12.1. The number of ether oxygens (including phenoxy) is 1. The minimum Gasteiger partial charge on any atom is -0.478 e. The van der Waals surface area contributed by atoms with Gasteiger partial charge in [-0.25, -0.2) is 9.59 Å². The number of hydrogen-bond acceptors (Lipinski definition) is 6. The largest absolute Gasteiger partial charge is 0.478 e. The van der Waals surface area contributed by atoms with Gasteiger partial charge in [-0.15, -0.1) is 0 Å². The van der Waals surface area contributed by atoms with Crippen LogP contribution < -0.4 is 10.2 Å². The molecule has 1 aromatic rings. The van der Waals surface area contributed by atoms with E-state index in [0.29, 0.717) is 32.0 Å². The van der Waals surface area contributed by atoms with Crippen LogP contribution in [0.5, 0.6) is 0 Å². The Balaban J connectivity index is 2.24.